The fourth-order valence-electron chi connectivity index (χ4n) is 1.66. The van der Waals surface area contributed by atoms with Crippen LogP contribution in [0.1, 0.15) is 45.1 Å². The lowest BCUT2D eigenvalue weighted by Crippen LogP contribution is -2.05. The Hall–Kier alpha value is -1.18. The predicted octanol–water partition coefficient (Wildman–Crippen LogP) is 4.29. The molecular weight excluding hydrogens is 208 g/mol. The number of nitrogens with one attached hydrogen (secondary N) is 2. The predicted molar refractivity (Wildman–Crippen MR) is 77.7 cm³/mol. The smallest absolute Gasteiger partial charge is 0.0393 e. The van der Waals surface area contributed by atoms with Gasteiger partial charge in [0, 0.05) is 24.5 Å². The third-order valence-corrected chi connectivity index (χ3v) is 2.82. The third-order valence-electron chi connectivity index (χ3n) is 2.82. The van der Waals surface area contributed by atoms with Gasteiger partial charge in [0.15, 0.2) is 0 Å². The van der Waals surface area contributed by atoms with Gasteiger partial charge < -0.3 is 10.6 Å². The van der Waals surface area contributed by atoms with Crippen LogP contribution >= 0.6 is 0 Å². The van der Waals surface area contributed by atoms with Gasteiger partial charge in [-0.25, -0.2) is 0 Å². The quantitative estimate of drug-likeness (QED) is 0.654. The maximum atomic E-state index is 4.05. The first-order chi connectivity index (χ1) is 8.27. The molecule has 0 atom stereocenters. The van der Waals surface area contributed by atoms with Crippen LogP contribution in [-0.4, -0.2) is 13.1 Å². The highest BCUT2D eigenvalue weighted by Gasteiger charge is 1.99. The van der Waals surface area contributed by atoms with Crippen LogP contribution in [0.5, 0.6) is 0 Å². The number of unbranched alkanes of at least 4 members (excludes halogenated alkanes) is 2. The molecule has 0 aliphatic heterocycles. The molecule has 0 aliphatic rings. The van der Waals surface area contributed by atoms with E-state index < -0.39 is 0 Å². The van der Waals surface area contributed by atoms with Gasteiger partial charge in [-0.3, -0.25) is 0 Å². The van der Waals surface area contributed by atoms with Gasteiger partial charge in [0.25, 0.3) is 0 Å². The van der Waals surface area contributed by atoms with Crippen molar-refractivity contribution in [3.05, 3.63) is 30.7 Å². The van der Waals surface area contributed by atoms with Crippen LogP contribution in [0.25, 0.3) is 0 Å². The summed E-state index contributed by atoms with van der Waals surface area (Å²) in [6.07, 6.45) is 4.85. The highest BCUT2D eigenvalue weighted by Crippen LogP contribution is 2.20. The molecule has 17 heavy (non-hydrogen) atoms. The summed E-state index contributed by atoms with van der Waals surface area (Å²) >= 11 is 0. The molecule has 2 nitrogen and oxygen atoms in total. The van der Waals surface area contributed by atoms with Crippen molar-refractivity contribution < 1.29 is 0 Å². The SMILES string of the molecule is [CH2]c1ccc(NCCCC)cc1NCCCC. The van der Waals surface area contributed by atoms with Gasteiger partial charge in [0.05, 0.1) is 0 Å². The molecule has 1 radical (unpaired) electrons. The van der Waals surface area contributed by atoms with E-state index in [2.05, 4.69) is 49.6 Å². The van der Waals surface area contributed by atoms with Gasteiger partial charge in [-0.05, 0) is 37.5 Å². The second-order valence-corrected chi connectivity index (χ2v) is 4.43. The number of anilines is 2. The lowest BCUT2D eigenvalue weighted by atomic mass is 10.1. The van der Waals surface area contributed by atoms with Crippen LogP contribution < -0.4 is 10.6 Å². The average Bonchev–Trinajstić information content (AvgIpc) is 2.33. The number of hydrogen-bond donors (Lipinski definition) is 2. The molecule has 0 fully saturated rings. The van der Waals surface area contributed by atoms with E-state index in [1.165, 1.54) is 31.4 Å². The molecule has 1 aromatic carbocycles. The first-order valence-corrected chi connectivity index (χ1v) is 6.71. The van der Waals surface area contributed by atoms with E-state index in [-0.39, 0.29) is 0 Å². The van der Waals surface area contributed by atoms with Crippen molar-refractivity contribution in [2.24, 2.45) is 0 Å². The summed E-state index contributed by atoms with van der Waals surface area (Å²) in [6.45, 7) is 10.5. The Labute approximate surface area is 106 Å². The Morgan fingerprint density at radius 2 is 1.65 bits per heavy atom. The first kappa shape index (κ1) is 13.9. The van der Waals surface area contributed by atoms with Crippen molar-refractivity contribution in [3.8, 4) is 0 Å². The lowest BCUT2D eigenvalue weighted by molar-refractivity contribution is 0.832. The highest BCUT2D eigenvalue weighted by atomic mass is 14.9. The molecule has 0 aliphatic carbocycles. The Kier molecular flexibility index (Phi) is 6.53. The van der Waals surface area contributed by atoms with E-state index in [4.69, 9.17) is 0 Å². The summed E-state index contributed by atoms with van der Waals surface area (Å²) in [5.41, 5.74) is 3.41. The van der Waals surface area contributed by atoms with Crippen LogP contribution in [0.15, 0.2) is 18.2 Å². The van der Waals surface area contributed by atoms with Gasteiger partial charge in [0.2, 0.25) is 0 Å². The van der Waals surface area contributed by atoms with Crippen LogP contribution in [0.2, 0.25) is 0 Å². The molecule has 0 heterocycles. The lowest BCUT2D eigenvalue weighted by Gasteiger charge is -2.12. The van der Waals surface area contributed by atoms with E-state index in [9.17, 15) is 0 Å². The molecule has 2 heteroatoms. The Morgan fingerprint density at radius 3 is 2.29 bits per heavy atom. The van der Waals surface area contributed by atoms with Crippen molar-refractivity contribution in [2.45, 2.75) is 39.5 Å². The third kappa shape index (κ3) is 5.12. The molecule has 1 aromatic rings. The summed E-state index contributed by atoms with van der Waals surface area (Å²) in [7, 11) is 0. The maximum absolute atomic E-state index is 4.05. The monoisotopic (exact) mass is 233 g/mol. The standard InChI is InChI=1S/C15H25N2/c1-4-6-10-16-14-9-8-13(3)15(12-14)17-11-7-5-2/h8-9,12,16-17H,3-7,10-11H2,1-2H3. The molecule has 0 saturated heterocycles. The topological polar surface area (TPSA) is 24.1 Å². The van der Waals surface area contributed by atoms with E-state index in [0.717, 1.165) is 24.3 Å². The average molecular weight is 233 g/mol. The highest BCUT2D eigenvalue weighted by molar-refractivity contribution is 5.62. The summed E-state index contributed by atoms with van der Waals surface area (Å²) in [4.78, 5) is 0. The van der Waals surface area contributed by atoms with Crippen molar-refractivity contribution in [1.82, 2.24) is 0 Å². The van der Waals surface area contributed by atoms with E-state index in [1.807, 2.05) is 0 Å². The molecule has 95 valence electrons. The van der Waals surface area contributed by atoms with Crippen molar-refractivity contribution in [2.75, 3.05) is 23.7 Å². The maximum Gasteiger partial charge on any atom is 0.0393 e. The Balaban J connectivity index is 2.53. The van der Waals surface area contributed by atoms with Crippen LogP contribution in [0.3, 0.4) is 0 Å². The van der Waals surface area contributed by atoms with Gasteiger partial charge in [-0.1, -0.05) is 32.8 Å². The first-order valence-electron chi connectivity index (χ1n) is 6.71. The number of hydrogen-bond acceptors (Lipinski definition) is 2. The van der Waals surface area contributed by atoms with Gasteiger partial charge >= 0.3 is 0 Å². The molecule has 0 bridgehead atoms. The molecule has 1 rings (SSSR count). The molecule has 2 N–H and O–H groups in total. The largest absolute Gasteiger partial charge is 0.385 e. The number of rotatable bonds is 8. The Bertz CT molecular complexity index is 321. The summed E-state index contributed by atoms with van der Waals surface area (Å²) in [6, 6.07) is 6.33. The van der Waals surface area contributed by atoms with Crippen molar-refractivity contribution in [1.29, 1.82) is 0 Å². The van der Waals surface area contributed by atoms with E-state index in [0.29, 0.717) is 0 Å². The molecule has 0 unspecified atom stereocenters. The minimum Gasteiger partial charge on any atom is -0.385 e. The molecule has 0 aromatic heterocycles. The van der Waals surface area contributed by atoms with Gasteiger partial charge in [-0.2, -0.15) is 0 Å². The van der Waals surface area contributed by atoms with Crippen molar-refractivity contribution >= 4 is 11.4 Å². The summed E-state index contributed by atoms with van der Waals surface area (Å²) in [5, 5.41) is 6.88. The number of benzene rings is 1. The zero-order valence-corrected chi connectivity index (χ0v) is 11.2. The van der Waals surface area contributed by atoms with E-state index in [1.54, 1.807) is 0 Å². The molecular formula is C15H25N2. The second kappa shape index (κ2) is 7.99. The minimum atomic E-state index is 1.03. The Morgan fingerprint density at radius 1 is 1.00 bits per heavy atom. The van der Waals surface area contributed by atoms with Crippen LogP contribution in [0, 0.1) is 6.92 Å². The molecule has 0 spiro atoms. The van der Waals surface area contributed by atoms with Crippen LogP contribution in [-0.2, 0) is 0 Å². The van der Waals surface area contributed by atoms with Crippen molar-refractivity contribution in [3.63, 3.8) is 0 Å². The zero-order chi connectivity index (χ0) is 12.5. The van der Waals surface area contributed by atoms with Gasteiger partial charge in [0.1, 0.15) is 0 Å². The molecule has 0 amide bonds. The summed E-state index contributed by atoms with van der Waals surface area (Å²) in [5.74, 6) is 0. The van der Waals surface area contributed by atoms with Gasteiger partial charge in [-0.15, -0.1) is 0 Å². The second-order valence-electron chi connectivity index (χ2n) is 4.43. The zero-order valence-electron chi connectivity index (χ0n) is 11.2. The fraction of sp³-hybridized carbons (Fsp3) is 0.533. The van der Waals surface area contributed by atoms with E-state index >= 15 is 0 Å². The summed E-state index contributed by atoms with van der Waals surface area (Å²) < 4.78 is 0. The minimum absolute atomic E-state index is 1.03. The molecule has 0 saturated carbocycles. The van der Waals surface area contributed by atoms with Crippen LogP contribution in [0.4, 0.5) is 11.4 Å². The fourth-order valence-corrected chi connectivity index (χ4v) is 1.66. The normalized spacial score (nSPS) is 10.3.